The van der Waals surface area contributed by atoms with Gasteiger partial charge in [0.25, 0.3) is 0 Å². The molecule has 1 heterocycles. The van der Waals surface area contributed by atoms with Crippen molar-refractivity contribution in [3.8, 4) is 11.4 Å². The molecule has 3 atom stereocenters. The summed E-state index contributed by atoms with van der Waals surface area (Å²) in [6, 6.07) is 10.3. The highest BCUT2D eigenvalue weighted by molar-refractivity contribution is 5.82. The van der Waals surface area contributed by atoms with Crippen LogP contribution in [0.15, 0.2) is 30.3 Å². The Bertz CT molecular complexity index is 718. The monoisotopic (exact) mass is 294 g/mol. The van der Waals surface area contributed by atoms with Gasteiger partial charge in [0.1, 0.15) is 11.6 Å². The maximum atomic E-state index is 12.1. The predicted molar refractivity (Wildman–Crippen MR) is 86.6 cm³/mol. The summed E-state index contributed by atoms with van der Waals surface area (Å²) in [4.78, 5) is 20.6. The standard InChI is InChI=1S/C19H22N2O/c1-12-14-8-9-15-17(19(14,2)11-10-16(12)22)21-18(20-15)13-6-4-3-5-7-13/h3-7,12,14H,8-11H2,1-2H3,(H,20,21)/t12-,14-,19-/m0/s1. The van der Waals surface area contributed by atoms with Crippen molar-refractivity contribution in [3.05, 3.63) is 41.7 Å². The van der Waals surface area contributed by atoms with E-state index in [1.54, 1.807) is 0 Å². The molecule has 0 saturated heterocycles. The average Bonchev–Trinajstić information content (AvgIpc) is 2.98. The number of carbonyl (C=O) groups excluding carboxylic acids is 1. The van der Waals surface area contributed by atoms with Gasteiger partial charge in [0, 0.05) is 29.0 Å². The van der Waals surface area contributed by atoms with Gasteiger partial charge in [-0.1, -0.05) is 44.2 Å². The van der Waals surface area contributed by atoms with E-state index in [4.69, 9.17) is 4.98 Å². The normalized spacial score (nSPS) is 30.7. The van der Waals surface area contributed by atoms with Crippen molar-refractivity contribution in [1.82, 2.24) is 9.97 Å². The zero-order valence-electron chi connectivity index (χ0n) is 13.2. The van der Waals surface area contributed by atoms with Crippen LogP contribution >= 0.6 is 0 Å². The number of ketones is 1. The lowest BCUT2D eigenvalue weighted by Crippen LogP contribution is -2.46. The van der Waals surface area contributed by atoms with Gasteiger partial charge in [-0.05, 0) is 25.2 Å². The van der Waals surface area contributed by atoms with Crippen molar-refractivity contribution in [1.29, 1.82) is 0 Å². The molecule has 1 aromatic carbocycles. The van der Waals surface area contributed by atoms with Crippen LogP contribution in [0.3, 0.4) is 0 Å². The fourth-order valence-corrected chi connectivity index (χ4v) is 4.53. The minimum atomic E-state index is 0.0461. The third kappa shape index (κ3) is 1.88. The van der Waals surface area contributed by atoms with Crippen molar-refractivity contribution in [2.45, 2.75) is 44.9 Å². The van der Waals surface area contributed by atoms with Crippen molar-refractivity contribution in [2.75, 3.05) is 0 Å². The third-order valence-electron chi connectivity index (χ3n) is 5.89. The molecular formula is C19H22N2O. The molecule has 0 bridgehead atoms. The smallest absolute Gasteiger partial charge is 0.137 e. The summed E-state index contributed by atoms with van der Waals surface area (Å²) >= 11 is 0. The highest BCUT2D eigenvalue weighted by atomic mass is 16.1. The number of nitrogens with one attached hydrogen (secondary N) is 1. The van der Waals surface area contributed by atoms with Gasteiger partial charge in [-0.3, -0.25) is 4.79 Å². The number of fused-ring (bicyclic) bond motifs is 3. The molecule has 2 aliphatic rings. The Morgan fingerprint density at radius 1 is 1.23 bits per heavy atom. The van der Waals surface area contributed by atoms with Gasteiger partial charge in [0.05, 0.1) is 5.69 Å². The Balaban J connectivity index is 1.79. The van der Waals surface area contributed by atoms with Gasteiger partial charge in [0.2, 0.25) is 0 Å². The van der Waals surface area contributed by atoms with E-state index in [9.17, 15) is 4.79 Å². The fraction of sp³-hybridized carbons (Fsp3) is 0.474. The number of imidazole rings is 1. The summed E-state index contributed by atoms with van der Waals surface area (Å²) in [5.41, 5.74) is 3.67. The molecule has 22 heavy (non-hydrogen) atoms. The zero-order chi connectivity index (χ0) is 15.3. The fourth-order valence-electron chi connectivity index (χ4n) is 4.53. The molecule has 4 rings (SSSR count). The quantitative estimate of drug-likeness (QED) is 0.867. The summed E-state index contributed by atoms with van der Waals surface area (Å²) in [6.07, 6.45) is 3.73. The molecule has 0 spiro atoms. The van der Waals surface area contributed by atoms with Crippen LogP contribution in [0, 0.1) is 11.8 Å². The van der Waals surface area contributed by atoms with Crippen LogP contribution in [0.5, 0.6) is 0 Å². The molecule has 1 fully saturated rings. The molecule has 114 valence electrons. The van der Waals surface area contributed by atoms with E-state index in [2.05, 4.69) is 31.0 Å². The first kappa shape index (κ1) is 13.7. The Morgan fingerprint density at radius 3 is 2.77 bits per heavy atom. The van der Waals surface area contributed by atoms with Crippen molar-refractivity contribution >= 4 is 5.78 Å². The lowest BCUT2D eigenvalue weighted by Gasteiger charge is -2.46. The first-order valence-corrected chi connectivity index (χ1v) is 8.27. The summed E-state index contributed by atoms with van der Waals surface area (Å²) in [5.74, 6) is 2.01. The molecule has 3 heteroatoms. The van der Waals surface area contributed by atoms with Gasteiger partial charge in [0.15, 0.2) is 0 Å². The average molecular weight is 294 g/mol. The number of Topliss-reactive ketones (excluding diaryl/α,β-unsaturated/α-hetero) is 1. The van der Waals surface area contributed by atoms with Crippen molar-refractivity contribution < 1.29 is 4.79 Å². The molecule has 3 nitrogen and oxygen atoms in total. The minimum absolute atomic E-state index is 0.0461. The van der Waals surface area contributed by atoms with Crippen LogP contribution in [0.2, 0.25) is 0 Å². The second kappa shape index (κ2) is 4.80. The molecule has 2 aromatic rings. The second-order valence-electron chi connectivity index (χ2n) is 7.10. The number of nitrogens with zero attached hydrogens (tertiary/aromatic N) is 1. The van der Waals surface area contributed by atoms with E-state index in [0.717, 1.165) is 30.7 Å². The van der Waals surface area contributed by atoms with E-state index in [1.807, 2.05) is 18.2 Å². The maximum absolute atomic E-state index is 12.1. The van der Waals surface area contributed by atoms with Crippen LogP contribution < -0.4 is 0 Å². The Kier molecular flexibility index (Phi) is 3.00. The summed E-state index contributed by atoms with van der Waals surface area (Å²) in [7, 11) is 0. The van der Waals surface area contributed by atoms with Gasteiger partial charge in [-0.2, -0.15) is 0 Å². The predicted octanol–water partition coefficient (Wildman–Crippen LogP) is 3.90. The van der Waals surface area contributed by atoms with E-state index in [-0.39, 0.29) is 11.3 Å². The largest absolute Gasteiger partial charge is 0.342 e. The summed E-state index contributed by atoms with van der Waals surface area (Å²) in [5, 5.41) is 0. The number of carbonyl (C=O) groups is 1. The van der Waals surface area contributed by atoms with E-state index in [1.165, 1.54) is 11.4 Å². The highest BCUT2D eigenvalue weighted by Gasteiger charge is 2.49. The van der Waals surface area contributed by atoms with Crippen LogP contribution in [-0.4, -0.2) is 15.8 Å². The van der Waals surface area contributed by atoms with Gasteiger partial charge in [-0.25, -0.2) is 4.98 Å². The van der Waals surface area contributed by atoms with Crippen molar-refractivity contribution in [2.24, 2.45) is 11.8 Å². The lowest BCUT2D eigenvalue weighted by atomic mass is 9.57. The van der Waals surface area contributed by atoms with Gasteiger partial charge < -0.3 is 4.98 Å². The minimum Gasteiger partial charge on any atom is -0.342 e. The number of aromatic nitrogens is 2. The van der Waals surface area contributed by atoms with Crippen LogP contribution in [0.4, 0.5) is 0 Å². The van der Waals surface area contributed by atoms with Crippen molar-refractivity contribution in [3.63, 3.8) is 0 Å². The number of H-pyrrole nitrogens is 1. The highest BCUT2D eigenvalue weighted by Crippen LogP contribution is 2.50. The Hall–Kier alpha value is -1.90. The molecule has 1 saturated carbocycles. The molecule has 0 aliphatic heterocycles. The summed E-state index contributed by atoms with van der Waals surface area (Å²) in [6.45, 7) is 4.42. The zero-order valence-corrected chi connectivity index (χ0v) is 13.2. The van der Waals surface area contributed by atoms with E-state index < -0.39 is 0 Å². The second-order valence-corrected chi connectivity index (χ2v) is 7.10. The first-order valence-electron chi connectivity index (χ1n) is 8.27. The summed E-state index contributed by atoms with van der Waals surface area (Å²) < 4.78 is 0. The van der Waals surface area contributed by atoms with Gasteiger partial charge >= 0.3 is 0 Å². The molecule has 0 radical (unpaired) electrons. The topological polar surface area (TPSA) is 45.8 Å². The number of hydrogen-bond acceptors (Lipinski definition) is 2. The molecule has 1 aromatic heterocycles. The molecule has 0 amide bonds. The maximum Gasteiger partial charge on any atom is 0.137 e. The van der Waals surface area contributed by atoms with Crippen LogP contribution in [0.1, 0.15) is 44.5 Å². The number of aryl methyl sites for hydroxylation is 1. The molecule has 1 N–H and O–H groups in total. The Morgan fingerprint density at radius 2 is 2.00 bits per heavy atom. The Labute approximate surface area is 131 Å². The third-order valence-corrected chi connectivity index (χ3v) is 5.89. The van der Waals surface area contributed by atoms with Crippen LogP contribution in [0.25, 0.3) is 11.4 Å². The number of benzene rings is 1. The van der Waals surface area contributed by atoms with E-state index >= 15 is 0 Å². The van der Waals surface area contributed by atoms with E-state index in [0.29, 0.717) is 18.1 Å². The van der Waals surface area contributed by atoms with Gasteiger partial charge in [-0.15, -0.1) is 0 Å². The number of rotatable bonds is 1. The lowest BCUT2D eigenvalue weighted by molar-refractivity contribution is -0.128. The molecule has 2 aliphatic carbocycles. The number of hydrogen-bond donors (Lipinski definition) is 1. The SMILES string of the molecule is C[C@@H]1C(=O)CC[C@]2(C)c3nc(-c4ccccc4)[nH]c3CC[C@@H]12. The number of aromatic amines is 1. The molecular weight excluding hydrogens is 272 g/mol. The molecule has 0 unspecified atom stereocenters. The first-order chi connectivity index (χ1) is 10.6. The van der Waals surface area contributed by atoms with Crippen LogP contribution in [-0.2, 0) is 16.6 Å².